The first kappa shape index (κ1) is 12.6. The number of aromatic nitrogens is 3. The maximum Gasteiger partial charge on any atom is 0.240 e. The van der Waals surface area contributed by atoms with E-state index in [9.17, 15) is 4.39 Å². The van der Waals surface area contributed by atoms with Gasteiger partial charge in [0.15, 0.2) is 0 Å². The zero-order chi connectivity index (χ0) is 13.2. The molecule has 5 nitrogen and oxygen atoms in total. The Morgan fingerprint density at radius 1 is 1.33 bits per heavy atom. The first-order valence-corrected chi connectivity index (χ1v) is 5.63. The molecule has 0 aromatic carbocycles. The summed E-state index contributed by atoms with van der Waals surface area (Å²) < 4.78 is 17.8. The summed E-state index contributed by atoms with van der Waals surface area (Å²) in [5.41, 5.74) is 0.463. The Morgan fingerprint density at radius 2 is 2.11 bits per heavy atom. The van der Waals surface area contributed by atoms with E-state index in [0.717, 1.165) is 6.20 Å². The van der Waals surface area contributed by atoms with Crippen molar-refractivity contribution in [3.63, 3.8) is 0 Å². The minimum Gasteiger partial charge on any atom is -0.337 e. The molecular formula is C12H15FN4O. The predicted octanol–water partition coefficient (Wildman–Crippen LogP) is 2.16. The van der Waals surface area contributed by atoms with Crippen LogP contribution in [-0.2, 0) is 6.54 Å². The van der Waals surface area contributed by atoms with E-state index in [0.29, 0.717) is 24.0 Å². The van der Waals surface area contributed by atoms with Gasteiger partial charge in [0.1, 0.15) is 11.5 Å². The molecule has 0 saturated heterocycles. The van der Waals surface area contributed by atoms with E-state index in [4.69, 9.17) is 4.52 Å². The molecule has 18 heavy (non-hydrogen) atoms. The lowest BCUT2D eigenvalue weighted by Crippen LogP contribution is -2.35. The van der Waals surface area contributed by atoms with Crippen molar-refractivity contribution in [2.24, 2.45) is 0 Å². The molecule has 2 aromatic rings. The van der Waals surface area contributed by atoms with Crippen LogP contribution in [0.25, 0.3) is 11.5 Å². The van der Waals surface area contributed by atoms with Crippen LogP contribution in [0.3, 0.4) is 0 Å². The van der Waals surface area contributed by atoms with Crippen molar-refractivity contribution >= 4 is 0 Å². The van der Waals surface area contributed by atoms with Crippen LogP contribution < -0.4 is 5.32 Å². The Hall–Kier alpha value is -1.82. The minimum absolute atomic E-state index is 0.0250. The van der Waals surface area contributed by atoms with Gasteiger partial charge in [0, 0.05) is 5.54 Å². The van der Waals surface area contributed by atoms with Gasteiger partial charge < -0.3 is 9.84 Å². The molecule has 0 saturated carbocycles. The average Bonchev–Trinajstić information content (AvgIpc) is 2.75. The molecule has 0 fully saturated rings. The number of hydrogen-bond acceptors (Lipinski definition) is 5. The molecular weight excluding hydrogens is 235 g/mol. The Bertz CT molecular complexity index is 516. The van der Waals surface area contributed by atoms with Gasteiger partial charge in [-0.2, -0.15) is 4.98 Å². The van der Waals surface area contributed by atoms with Gasteiger partial charge in [-0.1, -0.05) is 5.16 Å². The third kappa shape index (κ3) is 3.33. The second-order valence-electron chi connectivity index (χ2n) is 4.98. The molecule has 0 aliphatic carbocycles. The van der Waals surface area contributed by atoms with Gasteiger partial charge in [0.05, 0.1) is 12.7 Å². The molecule has 2 rings (SSSR count). The third-order valence-electron chi connectivity index (χ3n) is 2.19. The molecule has 0 bridgehead atoms. The highest BCUT2D eigenvalue weighted by atomic mass is 19.1. The first-order valence-electron chi connectivity index (χ1n) is 5.63. The SMILES string of the molecule is CC(C)(C)NCc1nc(-c2ccc(F)cn2)no1. The van der Waals surface area contributed by atoms with Crippen LogP contribution >= 0.6 is 0 Å². The van der Waals surface area contributed by atoms with Crippen molar-refractivity contribution in [3.8, 4) is 11.5 Å². The number of nitrogens with zero attached hydrogens (tertiary/aromatic N) is 3. The van der Waals surface area contributed by atoms with Crippen molar-refractivity contribution in [2.75, 3.05) is 0 Å². The van der Waals surface area contributed by atoms with Crippen molar-refractivity contribution < 1.29 is 8.91 Å². The summed E-state index contributed by atoms with van der Waals surface area (Å²) in [6, 6.07) is 2.83. The van der Waals surface area contributed by atoms with E-state index >= 15 is 0 Å². The summed E-state index contributed by atoms with van der Waals surface area (Å²) in [6.07, 6.45) is 1.12. The normalized spacial score (nSPS) is 11.8. The molecule has 2 aromatic heterocycles. The van der Waals surface area contributed by atoms with Gasteiger partial charge in [0.25, 0.3) is 0 Å². The molecule has 1 N–H and O–H groups in total. The van der Waals surface area contributed by atoms with Crippen LogP contribution in [0.15, 0.2) is 22.9 Å². The second-order valence-corrected chi connectivity index (χ2v) is 4.98. The maximum atomic E-state index is 12.7. The van der Waals surface area contributed by atoms with E-state index in [2.05, 4.69) is 20.4 Å². The standard InChI is InChI=1S/C12H15FN4O/c1-12(2,3)15-7-10-16-11(17-18-10)9-5-4-8(13)6-14-9/h4-6,15H,7H2,1-3H3. The predicted molar refractivity (Wildman–Crippen MR) is 64.1 cm³/mol. The summed E-state index contributed by atoms with van der Waals surface area (Å²) in [7, 11) is 0. The Balaban J connectivity index is 2.08. The number of hydrogen-bond donors (Lipinski definition) is 1. The van der Waals surface area contributed by atoms with Gasteiger partial charge in [-0.05, 0) is 32.9 Å². The highest BCUT2D eigenvalue weighted by Gasteiger charge is 2.13. The molecule has 0 aliphatic rings. The summed E-state index contributed by atoms with van der Waals surface area (Å²) in [5, 5.41) is 7.04. The lowest BCUT2D eigenvalue weighted by Gasteiger charge is -2.18. The molecule has 0 aliphatic heterocycles. The molecule has 0 radical (unpaired) electrons. The van der Waals surface area contributed by atoms with Gasteiger partial charge in [0.2, 0.25) is 11.7 Å². The highest BCUT2D eigenvalue weighted by Crippen LogP contribution is 2.13. The number of pyridine rings is 1. The molecule has 96 valence electrons. The fourth-order valence-corrected chi connectivity index (χ4v) is 1.28. The average molecular weight is 250 g/mol. The molecule has 0 atom stereocenters. The van der Waals surface area contributed by atoms with Crippen LogP contribution in [0, 0.1) is 5.82 Å². The zero-order valence-corrected chi connectivity index (χ0v) is 10.6. The van der Waals surface area contributed by atoms with Crippen LogP contribution in [0.4, 0.5) is 4.39 Å². The second kappa shape index (κ2) is 4.81. The monoisotopic (exact) mass is 250 g/mol. The van der Waals surface area contributed by atoms with E-state index < -0.39 is 5.82 Å². The minimum atomic E-state index is -0.392. The summed E-state index contributed by atoms with van der Waals surface area (Å²) in [6.45, 7) is 6.63. The van der Waals surface area contributed by atoms with Crippen LogP contribution in [0.2, 0.25) is 0 Å². The van der Waals surface area contributed by atoms with Crippen molar-refractivity contribution in [3.05, 3.63) is 30.0 Å². The maximum absolute atomic E-state index is 12.7. The number of rotatable bonds is 3. The largest absolute Gasteiger partial charge is 0.337 e. The topological polar surface area (TPSA) is 63.8 Å². The van der Waals surface area contributed by atoms with Crippen molar-refractivity contribution in [1.29, 1.82) is 0 Å². The summed E-state index contributed by atoms with van der Waals surface area (Å²) in [4.78, 5) is 8.08. The number of halogens is 1. The molecule has 0 amide bonds. The summed E-state index contributed by atoms with van der Waals surface area (Å²) >= 11 is 0. The lowest BCUT2D eigenvalue weighted by atomic mass is 10.1. The first-order chi connectivity index (χ1) is 8.44. The van der Waals surface area contributed by atoms with Gasteiger partial charge >= 0.3 is 0 Å². The highest BCUT2D eigenvalue weighted by molar-refractivity contribution is 5.47. The Morgan fingerprint density at radius 3 is 2.72 bits per heavy atom. The van der Waals surface area contributed by atoms with Gasteiger partial charge in [-0.15, -0.1) is 0 Å². The third-order valence-corrected chi connectivity index (χ3v) is 2.19. The molecule has 0 unspecified atom stereocenters. The van der Waals surface area contributed by atoms with E-state index in [1.165, 1.54) is 12.1 Å². The fraction of sp³-hybridized carbons (Fsp3) is 0.417. The van der Waals surface area contributed by atoms with Crippen LogP contribution in [0.1, 0.15) is 26.7 Å². The lowest BCUT2D eigenvalue weighted by molar-refractivity contribution is 0.336. The summed E-state index contributed by atoms with van der Waals surface area (Å²) in [5.74, 6) is 0.448. The van der Waals surface area contributed by atoms with E-state index in [1.807, 2.05) is 20.8 Å². The Kier molecular flexibility index (Phi) is 3.38. The van der Waals surface area contributed by atoms with Crippen molar-refractivity contribution in [2.45, 2.75) is 32.9 Å². The van der Waals surface area contributed by atoms with Gasteiger partial charge in [-0.3, -0.25) is 0 Å². The molecule has 2 heterocycles. The van der Waals surface area contributed by atoms with Crippen LogP contribution in [-0.4, -0.2) is 20.7 Å². The van der Waals surface area contributed by atoms with E-state index in [1.54, 1.807) is 0 Å². The number of nitrogens with one attached hydrogen (secondary N) is 1. The zero-order valence-electron chi connectivity index (χ0n) is 10.6. The fourth-order valence-electron chi connectivity index (χ4n) is 1.28. The molecule has 6 heteroatoms. The van der Waals surface area contributed by atoms with Crippen molar-refractivity contribution in [1.82, 2.24) is 20.4 Å². The quantitative estimate of drug-likeness (QED) is 0.904. The van der Waals surface area contributed by atoms with Crippen LogP contribution in [0.5, 0.6) is 0 Å². The Labute approximate surface area is 104 Å². The molecule has 0 spiro atoms. The smallest absolute Gasteiger partial charge is 0.240 e. The van der Waals surface area contributed by atoms with Gasteiger partial charge in [-0.25, -0.2) is 9.37 Å². The van der Waals surface area contributed by atoms with E-state index in [-0.39, 0.29) is 5.54 Å².